The van der Waals surface area contributed by atoms with Gasteiger partial charge in [-0.05, 0) is 25.7 Å². The van der Waals surface area contributed by atoms with Crippen LogP contribution in [-0.2, 0) is 13.0 Å². The molecule has 1 aromatic heterocycles. The first-order valence-corrected chi connectivity index (χ1v) is 6.87. The molecule has 0 aliphatic heterocycles. The van der Waals surface area contributed by atoms with Crippen molar-refractivity contribution in [3.05, 3.63) is 18.2 Å². The highest BCUT2D eigenvalue weighted by atomic mass is 79.9. The summed E-state index contributed by atoms with van der Waals surface area (Å²) < 4.78 is 2.26. The monoisotopic (exact) mass is 270 g/mol. The lowest BCUT2D eigenvalue weighted by Crippen LogP contribution is -2.22. The lowest BCUT2D eigenvalue weighted by Gasteiger charge is -2.27. The fraction of sp³-hybridized carbons (Fsp3) is 0.750. The van der Waals surface area contributed by atoms with Gasteiger partial charge in [0.05, 0.1) is 0 Å². The van der Waals surface area contributed by atoms with Gasteiger partial charge in [-0.3, -0.25) is 0 Å². The molecule has 0 N–H and O–H groups in total. The maximum Gasteiger partial charge on any atom is 0.108 e. The number of halogens is 1. The Labute approximate surface area is 100 Å². The zero-order valence-corrected chi connectivity index (χ0v) is 10.9. The number of hydrogen-bond donors (Lipinski definition) is 0. The second-order valence-corrected chi connectivity index (χ2v) is 5.57. The molecule has 0 spiro atoms. The van der Waals surface area contributed by atoms with Gasteiger partial charge in [-0.2, -0.15) is 0 Å². The molecule has 2 atom stereocenters. The minimum absolute atomic E-state index is 0.702. The van der Waals surface area contributed by atoms with Crippen molar-refractivity contribution in [3.63, 3.8) is 0 Å². The number of aromatic nitrogens is 2. The predicted octanol–water partition coefficient (Wildman–Crippen LogP) is 3.40. The predicted molar refractivity (Wildman–Crippen MR) is 66.3 cm³/mol. The van der Waals surface area contributed by atoms with E-state index in [2.05, 4.69) is 38.6 Å². The standard InChI is InChI=1S/C12H19BrN2/c1-2-15-8-7-14-12(15)9-10-5-3-4-6-11(10)13/h7-8,10-11H,2-6,9H2,1H3. The fourth-order valence-corrected chi connectivity index (χ4v) is 3.22. The van der Waals surface area contributed by atoms with Crippen molar-refractivity contribution >= 4 is 15.9 Å². The Kier molecular flexibility index (Phi) is 3.84. The molecule has 2 unspecified atom stereocenters. The van der Waals surface area contributed by atoms with Crippen LogP contribution < -0.4 is 0 Å². The van der Waals surface area contributed by atoms with Gasteiger partial charge in [0.1, 0.15) is 5.82 Å². The van der Waals surface area contributed by atoms with Gasteiger partial charge in [-0.1, -0.05) is 28.8 Å². The van der Waals surface area contributed by atoms with E-state index in [4.69, 9.17) is 0 Å². The molecule has 1 saturated carbocycles. The topological polar surface area (TPSA) is 17.8 Å². The fourth-order valence-electron chi connectivity index (χ4n) is 2.44. The number of rotatable bonds is 3. The first-order chi connectivity index (χ1) is 7.31. The number of hydrogen-bond acceptors (Lipinski definition) is 1. The molecule has 0 radical (unpaired) electrons. The van der Waals surface area contributed by atoms with Crippen LogP contribution in [0, 0.1) is 5.92 Å². The largest absolute Gasteiger partial charge is 0.335 e. The molecular formula is C12H19BrN2. The average Bonchev–Trinajstić information content (AvgIpc) is 2.69. The smallest absolute Gasteiger partial charge is 0.108 e. The zero-order chi connectivity index (χ0) is 10.7. The van der Waals surface area contributed by atoms with Crippen molar-refractivity contribution in [2.75, 3.05) is 0 Å². The van der Waals surface area contributed by atoms with Crippen molar-refractivity contribution < 1.29 is 0 Å². The first kappa shape index (κ1) is 11.2. The van der Waals surface area contributed by atoms with E-state index >= 15 is 0 Å². The minimum atomic E-state index is 0.702. The van der Waals surface area contributed by atoms with E-state index in [1.54, 1.807) is 0 Å². The zero-order valence-electron chi connectivity index (χ0n) is 9.32. The van der Waals surface area contributed by atoms with Crippen molar-refractivity contribution in [2.45, 2.75) is 50.4 Å². The summed E-state index contributed by atoms with van der Waals surface area (Å²) in [6.45, 7) is 3.21. The Balaban J connectivity index is 2.01. The Morgan fingerprint density at radius 1 is 1.47 bits per heavy atom. The normalized spacial score (nSPS) is 26.8. The number of alkyl halides is 1. The summed E-state index contributed by atoms with van der Waals surface area (Å²) in [5, 5.41) is 0. The number of nitrogens with zero attached hydrogens (tertiary/aromatic N) is 2. The van der Waals surface area contributed by atoms with Crippen molar-refractivity contribution in [1.82, 2.24) is 9.55 Å². The van der Waals surface area contributed by atoms with E-state index in [9.17, 15) is 0 Å². The summed E-state index contributed by atoms with van der Waals surface area (Å²) in [6.07, 6.45) is 10.6. The molecule has 1 heterocycles. The highest BCUT2D eigenvalue weighted by molar-refractivity contribution is 9.09. The lowest BCUT2D eigenvalue weighted by atomic mass is 9.86. The Morgan fingerprint density at radius 2 is 2.27 bits per heavy atom. The maximum absolute atomic E-state index is 4.46. The third-order valence-electron chi connectivity index (χ3n) is 3.40. The minimum Gasteiger partial charge on any atom is -0.335 e. The third-order valence-corrected chi connectivity index (χ3v) is 4.61. The molecule has 0 amide bonds. The number of imidazole rings is 1. The molecule has 1 aromatic rings. The molecule has 2 rings (SSSR count). The summed E-state index contributed by atoms with van der Waals surface area (Å²) in [5.74, 6) is 2.04. The van der Waals surface area contributed by atoms with Gasteiger partial charge in [0.15, 0.2) is 0 Å². The third kappa shape index (κ3) is 2.63. The molecular weight excluding hydrogens is 252 g/mol. The van der Waals surface area contributed by atoms with Gasteiger partial charge in [-0.25, -0.2) is 4.98 Å². The van der Waals surface area contributed by atoms with Gasteiger partial charge >= 0.3 is 0 Å². The molecule has 84 valence electrons. The molecule has 1 aliphatic rings. The van der Waals surface area contributed by atoms with Gasteiger partial charge < -0.3 is 4.57 Å². The van der Waals surface area contributed by atoms with E-state index in [1.807, 2.05) is 6.20 Å². The summed E-state index contributed by atoms with van der Waals surface area (Å²) >= 11 is 3.81. The van der Waals surface area contributed by atoms with Crippen LogP contribution in [-0.4, -0.2) is 14.4 Å². The van der Waals surface area contributed by atoms with Gasteiger partial charge in [0.2, 0.25) is 0 Å². The summed E-state index contributed by atoms with van der Waals surface area (Å²) in [6, 6.07) is 0. The molecule has 0 aromatic carbocycles. The molecule has 2 nitrogen and oxygen atoms in total. The van der Waals surface area contributed by atoms with Crippen LogP contribution >= 0.6 is 15.9 Å². The van der Waals surface area contributed by atoms with E-state index in [0.29, 0.717) is 4.83 Å². The Hall–Kier alpha value is -0.310. The quantitative estimate of drug-likeness (QED) is 0.770. The SMILES string of the molecule is CCn1ccnc1CC1CCCCC1Br. The Bertz CT molecular complexity index is 308. The average molecular weight is 271 g/mol. The molecule has 0 bridgehead atoms. The molecule has 15 heavy (non-hydrogen) atoms. The van der Waals surface area contributed by atoms with Crippen molar-refractivity contribution in [1.29, 1.82) is 0 Å². The highest BCUT2D eigenvalue weighted by Gasteiger charge is 2.24. The second-order valence-electron chi connectivity index (χ2n) is 4.39. The van der Waals surface area contributed by atoms with Crippen molar-refractivity contribution in [3.8, 4) is 0 Å². The first-order valence-electron chi connectivity index (χ1n) is 5.95. The van der Waals surface area contributed by atoms with Crippen LogP contribution in [0.15, 0.2) is 12.4 Å². The van der Waals surface area contributed by atoms with Crippen LogP contribution in [0.5, 0.6) is 0 Å². The summed E-state index contributed by atoms with van der Waals surface area (Å²) in [5.41, 5.74) is 0. The summed E-state index contributed by atoms with van der Waals surface area (Å²) in [4.78, 5) is 5.16. The second kappa shape index (κ2) is 5.15. The molecule has 0 saturated heterocycles. The van der Waals surface area contributed by atoms with Crippen molar-refractivity contribution in [2.24, 2.45) is 5.92 Å². The van der Waals surface area contributed by atoms with Gasteiger partial charge in [0.25, 0.3) is 0 Å². The molecule has 1 aliphatic carbocycles. The van der Waals surface area contributed by atoms with Crippen LogP contribution in [0.2, 0.25) is 0 Å². The number of aryl methyl sites for hydroxylation is 1. The Morgan fingerprint density at radius 3 is 3.00 bits per heavy atom. The maximum atomic E-state index is 4.46. The van der Waals surface area contributed by atoms with Crippen LogP contribution in [0.25, 0.3) is 0 Å². The van der Waals surface area contributed by atoms with Gasteiger partial charge in [-0.15, -0.1) is 0 Å². The van der Waals surface area contributed by atoms with Gasteiger partial charge in [0, 0.05) is 30.2 Å². The van der Waals surface area contributed by atoms with Crippen LogP contribution in [0.1, 0.15) is 38.4 Å². The molecule has 3 heteroatoms. The van der Waals surface area contributed by atoms with E-state index in [1.165, 1.54) is 31.5 Å². The van der Waals surface area contributed by atoms with Crippen LogP contribution in [0.3, 0.4) is 0 Å². The van der Waals surface area contributed by atoms with E-state index in [-0.39, 0.29) is 0 Å². The highest BCUT2D eigenvalue weighted by Crippen LogP contribution is 2.31. The summed E-state index contributed by atoms with van der Waals surface area (Å²) in [7, 11) is 0. The van der Waals surface area contributed by atoms with E-state index in [0.717, 1.165) is 18.9 Å². The molecule has 1 fully saturated rings. The lowest BCUT2D eigenvalue weighted by molar-refractivity contribution is 0.364. The van der Waals surface area contributed by atoms with Crippen LogP contribution in [0.4, 0.5) is 0 Å². The van der Waals surface area contributed by atoms with E-state index < -0.39 is 0 Å².